The third-order valence-corrected chi connectivity index (χ3v) is 5.58. The second kappa shape index (κ2) is 6.06. The van der Waals surface area contributed by atoms with E-state index < -0.39 is 0 Å². The van der Waals surface area contributed by atoms with Crippen LogP contribution in [-0.4, -0.2) is 0 Å². The second-order valence-corrected chi connectivity index (χ2v) is 7.03. The van der Waals surface area contributed by atoms with Gasteiger partial charge in [0.1, 0.15) is 0 Å². The van der Waals surface area contributed by atoms with Crippen molar-refractivity contribution in [3.63, 3.8) is 0 Å². The van der Waals surface area contributed by atoms with Crippen molar-refractivity contribution in [2.45, 2.75) is 21.6 Å². The van der Waals surface area contributed by atoms with Gasteiger partial charge in [-0.15, -0.1) is 0 Å². The summed E-state index contributed by atoms with van der Waals surface area (Å²) in [5, 5.41) is 0. The van der Waals surface area contributed by atoms with Crippen LogP contribution in [0.15, 0.2) is 93.5 Å². The van der Waals surface area contributed by atoms with Crippen molar-refractivity contribution in [3.05, 3.63) is 84.4 Å². The molecule has 3 aromatic rings. The average Bonchev–Trinajstić information content (AvgIpc) is 2.52. The van der Waals surface area contributed by atoms with Gasteiger partial charge >= 0.3 is 0 Å². The van der Waals surface area contributed by atoms with Gasteiger partial charge in [-0.3, -0.25) is 0 Å². The van der Waals surface area contributed by atoms with Crippen LogP contribution in [-0.2, 0) is 10.9 Å². The van der Waals surface area contributed by atoms with Crippen LogP contribution in [0.3, 0.4) is 0 Å². The fourth-order valence-electron chi connectivity index (χ4n) is 2.24. The van der Waals surface area contributed by atoms with E-state index in [1.54, 1.807) is 0 Å². The van der Waals surface area contributed by atoms with Gasteiger partial charge in [0.2, 0.25) is 0 Å². The molecule has 0 amide bonds. The minimum Gasteiger partial charge on any atom is -0.399 e. The van der Waals surface area contributed by atoms with E-state index in [1.807, 2.05) is 12.1 Å². The van der Waals surface area contributed by atoms with Crippen LogP contribution >= 0.6 is 0 Å². The molecule has 104 valence electrons. The number of aryl methyl sites for hydroxylation is 1. The van der Waals surface area contributed by atoms with E-state index in [2.05, 4.69) is 73.7 Å². The van der Waals surface area contributed by atoms with E-state index in [-0.39, 0.29) is 10.9 Å². The van der Waals surface area contributed by atoms with Crippen molar-refractivity contribution >= 4 is 16.6 Å². The summed E-state index contributed by atoms with van der Waals surface area (Å²) >= 11 is 0. The standard InChI is InChI=1S/C19H18NS/c1-15-7-11-18(12-8-15)21(17-5-3-2-4-6-17)19-13-9-16(20)10-14-19/h2-14H,20H2,1H3/q+1. The fraction of sp³-hybridized carbons (Fsp3) is 0.0526. The van der Waals surface area contributed by atoms with Crippen LogP contribution < -0.4 is 5.73 Å². The first-order valence-electron chi connectivity index (χ1n) is 6.95. The molecule has 0 saturated carbocycles. The van der Waals surface area contributed by atoms with Gasteiger partial charge in [-0.1, -0.05) is 35.9 Å². The molecule has 3 aromatic carbocycles. The zero-order valence-electron chi connectivity index (χ0n) is 12.0. The number of benzene rings is 3. The van der Waals surface area contributed by atoms with Gasteiger partial charge in [0.25, 0.3) is 0 Å². The molecule has 2 heteroatoms. The molecule has 1 unspecified atom stereocenters. The van der Waals surface area contributed by atoms with Crippen LogP contribution in [0.25, 0.3) is 0 Å². The summed E-state index contributed by atoms with van der Waals surface area (Å²) in [6.07, 6.45) is 0. The molecule has 1 atom stereocenters. The highest BCUT2D eigenvalue weighted by Crippen LogP contribution is 2.31. The van der Waals surface area contributed by atoms with Gasteiger partial charge in [-0.05, 0) is 55.5 Å². The lowest BCUT2D eigenvalue weighted by Gasteiger charge is -2.08. The Hall–Kier alpha value is -2.19. The van der Waals surface area contributed by atoms with E-state index >= 15 is 0 Å². The zero-order chi connectivity index (χ0) is 14.7. The summed E-state index contributed by atoms with van der Waals surface area (Å²) in [4.78, 5) is 3.95. The minimum atomic E-state index is -0.0867. The van der Waals surface area contributed by atoms with Crippen molar-refractivity contribution in [3.8, 4) is 0 Å². The molecule has 0 aliphatic heterocycles. The van der Waals surface area contributed by atoms with Crippen molar-refractivity contribution in [2.75, 3.05) is 5.73 Å². The molecule has 1 nitrogen and oxygen atoms in total. The summed E-state index contributed by atoms with van der Waals surface area (Å²) in [6.45, 7) is 2.12. The highest BCUT2D eigenvalue weighted by atomic mass is 32.2. The lowest BCUT2D eigenvalue weighted by atomic mass is 10.2. The Morgan fingerprint density at radius 1 is 0.619 bits per heavy atom. The maximum atomic E-state index is 5.83. The molecule has 0 saturated heterocycles. The van der Waals surface area contributed by atoms with Crippen molar-refractivity contribution in [2.24, 2.45) is 0 Å². The first-order valence-corrected chi connectivity index (χ1v) is 8.18. The maximum absolute atomic E-state index is 5.83. The first kappa shape index (κ1) is 13.8. The molecule has 0 aromatic heterocycles. The fourth-order valence-corrected chi connectivity index (χ4v) is 4.31. The molecule has 21 heavy (non-hydrogen) atoms. The van der Waals surface area contributed by atoms with E-state index in [0.29, 0.717) is 0 Å². The Bertz CT molecular complexity index is 657. The van der Waals surface area contributed by atoms with Gasteiger partial charge < -0.3 is 5.73 Å². The smallest absolute Gasteiger partial charge is 0.166 e. The number of anilines is 1. The molecule has 2 N–H and O–H groups in total. The normalized spacial score (nSPS) is 12.0. The van der Waals surface area contributed by atoms with Gasteiger partial charge in [0, 0.05) is 5.69 Å². The van der Waals surface area contributed by atoms with E-state index in [0.717, 1.165) is 5.69 Å². The molecular formula is C19H18NS+. The topological polar surface area (TPSA) is 26.0 Å². The Labute approximate surface area is 128 Å². The number of hydrogen-bond acceptors (Lipinski definition) is 1. The van der Waals surface area contributed by atoms with Gasteiger partial charge in [-0.2, -0.15) is 0 Å². The molecule has 0 fully saturated rings. The van der Waals surface area contributed by atoms with Gasteiger partial charge in [0.05, 0.1) is 10.9 Å². The quantitative estimate of drug-likeness (QED) is 0.551. The maximum Gasteiger partial charge on any atom is 0.166 e. The van der Waals surface area contributed by atoms with Crippen LogP contribution in [0.5, 0.6) is 0 Å². The van der Waals surface area contributed by atoms with Crippen LogP contribution in [0, 0.1) is 6.92 Å². The molecule has 0 bridgehead atoms. The summed E-state index contributed by atoms with van der Waals surface area (Å²) in [6, 6.07) is 27.7. The third kappa shape index (κ3) is 3.11. The van der Waals surface area contributed by atoms with Crippen LogP contribution in [0.4, 0.5) is 5.69 Å². The Balaban J connectivity index is 2.11. The molecule has 0 spiro atoms. The molecule has 0 aliphatic rings. The van der Waals surface area contributed by atoms with Crippen molar-refractivity contribution in [1.82, 2.24) is 0 Å². The Morgan fingerprint density at radius 2 is 1.10 bits per heavy atom. The highest BCUT2D eigenvalue weighted by Gasteiger charge is 2.28. The minimum absolute atomic E-state index is 0.0867. The number of hydrogen-bond donors (Lipinski definition) is 1. The number of rotatable bonds is 3. The lowest BCUT2D eigenvalue weighted by Crippen LogP contribution is -2.04. The van der Waals surface area contributed by atoms with Crippen molar-refractivity contribution in [1.29, 1.82) is 0 Å². The van der Waals surface area contributed by atoms with E-state index in [1.165, 1.54) is 20.2 Å². The van der Waals surface area contributed by atoms with Crippen LogP contribution in [0.1, 0.15) is 5.56 Å². The third-order valence-electron chi connectivity index (χ3n) is 3.35. The number of nitrogen functional groups attached to an aromatic ring is 1. The molecule has 0 radical (unpaired) electrons. The van der Waals surface area contributed by atoms with E-state index in [9.17, 15) is 0 Å². The van der Waals surface area contributed by atoms with Gasteiger partial charge in [-0.25, -0.2) is 0 Å². The average molecular weight is 292 g/mol. The monoisotopic (exact) mass is 292 g/mol. The molecule has 0 heterocycles. The molecule has 3 rings (SSSR count). The van der Waals surface area contributed by atoms with Crippen molar-refractivity contribution < 1.29 is 0 Å². The molecular weight excluding hydrogens is 274 g/mol. The predicted octanol–water partition coefficient (Wildman–Crippen LogP) is 4.67. The Kier molecular flexibility index (Phi) is 3.98. The number of nitrogens with two attached hydrogens (primary N) is 1. The van der Waals surface area contributed by atoms with Crippen LogP contribution in [0.2, 0.25) is 0 Å². The predicted molar refractivity (Wildman–Crippen MR) is 90.6 cm³/mol. The SMILES string of the molecule is Cc1ccc([S+](c2ccccc2)c2ccc(N)cc2)cc1. The molecule has 0 aliphatic carbocycles. The summed E-state index contributed by atoms with van der Waals surface area (Å²) in [7, 11) is -0.0867. The first-order chi connectivity index (χ1) is 10.2. The second-order valence-electron chi connectivity index (χ2n) is 5.00. The summed E-state index contributed by atoms with van der Waals surface area (Å²) < 4.78 is 0. The lowest BCUT2D eigenvalue weighted by molar-refractivity contribution is 1.30. The highest BCUT2D eigenvalue weighted by molar-refractivity contribution is 7.97. The Morgan fingerprint density at radius 3 is 1.67 bits per heavy atom. The summed E-state index contributed by atoms with van der Waals surface area (Å²) in [5.41, 5.74) is 7.92. The zero-order valence-corrected chi connectivity index (χ0v) is 12.8. The van der Waals surface area contributed by atoms with Gasteiger partial charge in [0.15, 0.2) is 14.7 Å². The largest absolute Gasteiger partial charge is 0.399 e. The summed E-state index contributed by atoms with van der Waals surface area (Å²) in [5.74, 6) is 0. The van der Waals surface area contributed by atoms with E-state index in [4.69, 9.17) is 5.73 Å².